The molecule has 1 aliphatic heterocycles. The smallest absolute Gasteiger partial charge is 0.264 e. The Balaban J connectivity index is 1.78. The molecule has 0 radical (unpaired) electrons. The summed E-state index contributed by atoms with van der Waals surface area (Å²) in [5.74, 6) is 0.546. The number of ether oxygens (including phenoxy) is 1. The molecule has 0 bridgehead atoms. The predicted molar refractivity (Wildman–Crippen MR) is 106 cm³/mol. The third-order valence-electron chi connectivity index (χ3n) is 5.23. The molecule has 0 saturated heterocycles. The molecule has 2 aromatic rings. The number of primary amides is 1. The number of para-hydroxylation sites is 1. The highest BCUT2D eigenvalue weighted by Crippen LogP contribution is 2.31. The number of rotatable bonds is 6. The Morgan fingerprint density at radius 3 is 2.70 bits per heavy atom. The van der Waals surface area contributed by atoms with Gasteiger partial charge in [0.05, 0.1) is 0 Å². The molecular weight excluding hydrogens is 340 g/mol. The first-order valence-electron chi connectivity index (χ1n) is 9.46. The lowest BCUT2D eigenvalue weighted by atomic mass is 9.96. The average molecular weight is 366 g/mol. The van der Waals surface area contributed by atoms with Crippen molar-refractivity contribution in [2.45, 2.75) is 39.0 Å². The van der Waals surface area contributed by atoms with Gasteiger partial charge < -0.3 is 15.4 Å². The van der Waals surface area contributed by atoms with Gasteiger partial charge in [0.25, 0.3) is 5.91 Å². The van der Waals surface area contributed by atoms with E-state index in [9.17, 15) is 9.59 Å². The molecule has 27 heavy (non-hydrogen) atoms. The predicted octanol–water partition coefficient (Wildman–Crippen LogP) is 3.66. The standard InChI is InChI=1S/C22H26N2O3/c1-3-15(2)16-8-4-5-12-20(16)27-14-21(25)24-13-7-10-17-18(22(23)26)9-6-11-19(17)24/h4-6,8-9,11-12,15H,3,7,10,13-14H2,1-2H3,(H2,23,26). The van der Waals surface area contributed by atoms with E-state index in [0.29, 0.717) is 18.0 Å². The Kier molecular flexibility index (Phi) is 5.79. The molecule has 2 N–H and O–H groups in total. The van der Waals surface area contributed by atoms with E-state index in [2.05, 4.69) is 13.8 Å². The average Bonchev–Trinajstić information content (AvgIpc) is 2.70. The lowest BCUT2D eigenvalue weighted by Crippen LogP contribution is -2.39. The van der Waals surface area contributed by atoms with Gasteiger partial charge in [-0.05, 0) is 54.5 Å². The number of nitrogens with two attached hydrogens (primary N) is 1. The molecule has 1 aliphatic rings. The molecule has 2 aromatic carbocycles. The van der Waals surface area contributed by atoms with Crippen LogP contribution in [0.25, 0.3) is 0 Å². The van der Waals surface area contributed by atoms with Crippen molar-refractivity contribution in [3.05, 3.63) is 59.2 Å². The van der Waals surface area contributed by atoms with Crippen LogP contribution in [0, 0.1) is 0 Å². The van der Waals surface area contributed by atoms with E-state index >= 15 is 0 Å². The molecule has 0 saturated carbocycles. The number of carbonyl (C=O) groups excluding carboxylic acids is 2. The summed E-state index contributed by atoms with van der Waals surface area (Å²) in [6.07, 6.45) is 2.55. The van der Waals surface area contributed by atoms with Crippen LogP contribution in [0.15, 0.2) is 42.5 Å². The highest BCUT2D eigenvalue weighted by molar-refractivity contribution is 6.00. The van der Waals surface area contributed by atoms with Gasteiger partial charge in [-0.25, -0.2) is 0 Å². The van der Waals surface area contributed by atoms with E-state index in [0.717, 1.165) is 41.8 Å². The maximum absolute atomic E-state index is 12.9. The van der Waals surface area contributed by atoms with Gasteiger partial charge in [0.15, 0.2) is 6.61 Å². The fourth-order valence-electron chi connectivity index (χ4n) is 3.57. The third kappa shape index (κ3) is 3.97. The van der Waals surface area contributed by atoms with Crippen LogP contribution >= 0.6 is 0 Å². The second-order valence-electron chi connectivity index (χ2n) is 6.95. The van der Waals surface area contributed by atoms with Crippen LogP contribution in [0.2, 0.25) is 0 Å². The molecule has 0 aliphatic carbocycles. The van der Waals surface area contributed by atoms with Gasteiger partial charge in [0, 0.05) is 17.8 Å². The first kappa shape index (κ1) is 19.0. The number of carbonyl (C=O) groups is 2. The maximum atomic E-state index is 12.9. The van der Waals surface area contributed by atoms with Gasteiger partial charge in [0.2, 0.25) is 5.91 Å². The lowest BCUT2D eigenvalue weighted by Gasteiger charge is -2.30. The molecule has 1 heterocycles. The Hall–Kier alpha value is -2.82. The molecule has 5 nitrogen and oxygen atoms in total. The summed E-state index contributed by atoms with van der Waals surface area (Å²) in [4.78, 5) is 26.2. The number of amides is 2. The zero-order valence-electron chi connectivity index (χ0n) is 15.9. The van der Waals surface area contributed by atoms with Crippen molar-refractivity contribution in [1.29, 1.82) is 0 Å². The van der Waals surface area contributed by atoms with Gasteiger partial charge >= 0.3 is 0 Å². The van der Waals surface area contributed by atoms with E-state index in [-0.39, 0.29) is 12.5 Å². The zero-order valence-corrected chi connectivity index (χ0v) is 15.9. The van der Waals surface area contributed by atoms with Gasteiger partial charge in [0.1, 0.15) is 5.75 Å². The van der Waals surface area contributed by atoms with Crippen molar-refractivity contribution in [1.82, 2.24) is 0 Å². The minimum Gasteiger partial charge on any atom is -0.483 e. The van der Waals surface area contributed by atoms with Crippen LogP contribution in [-0.4, -0.2) is 25.0 Å². The van der Waals surface area contributed by atoms with Crippen molar-refractivity contribution < 1.29 is 14.3 Å². The van der Waals surface area contributed by atoms with Crippen molar-refractivity contribution in [3.8, 4) is 5.75 Å². The Labute approximate surface area is 160 Å². The highest BCUT2D eigenvalue weighted by atomic mass is 16.5. The summed E-state index contributed by atoms with van der Waals surface area (Å²) in [5, 5.41) is 0. The lowest BCUT2D eigenvalue weighted by molar-refractivity contribution is -0.120. The number of hydrogen-bond donors (Lipinski definition) is 1. The number of fused-ring (bicyclic) bond motifs is 1. The van der Waals surface area contributed by atoms with E-state index in [1.807, 2.05) is 30.3 Å². The summed E-state index contributed by atoms with van der Waals surface area (Å²) in [6, 6.07) is 13.2. The van der Waals surface area contributed by atoms with Crippen molar-refractivity contribution in [2.75, 3.05) is 18.1 Å². The van der Waals surface area contributed by atoms with E-state index in [4.69, 9.17) is 10.5 Å². The molecule has 1 atom stereocenters. The molecule has 2 amide bonds. The van der Waals surface area contributed by atoms with Crippen LogP contribution in [0.3, 0.4) is 0 Å². The van der Waals surface area contributed by atoms with Crippen LogP contribution in [0.5, 0.6) is 5.75 Å². The minimum atomic E-state index is -0.458. The van der Waals surface area contributed by atoms with Crippen molar-refractivity contribution in [2.24, 2.45) is 5.73 Å². The van der Waals surface area contributed by atoms with Gasteiger partial charge in [-0.15, -0.1) is 0 Å². The largest absolute Gasteiger partial charge is 0.483 e. The Morgan fingerprint density at radius 1 is 1.19 bits per heavy atom. The van der Waals surface area contributed by atoms with Gasteiger partial charge in [-0.2, -0.15) is 0 Å². The summed E-state index contributed by atoms with van der Waals surface area (Å²) in [5.41, 5.74) is 8.71. The quantitative estimate of drug-likeness (QED) is 0.848. The van der Waals surface area contributed by atoms with Gasteiger partial charge in [-0.1, -0.05) is 38.1 Å². The van der Waals surface area contributed by atoms with E-state index in [1.165, 1.54) is 0 Å². The summed E-state index contributed by atoms with van der Waals surface area (Å²) in [6.45, 7) is 4.86. The number of benzene rings is 2. The van der Waals surface area contributed by atoms with Crippen LogP contribution in [0.4, 0.5) is 5.69 Å². The van der Waals surface area contributed by atoms with Gasteiger partial charge in [-0.3, -0.25) is 9.59 Å². The molecule has 5 heteroatoms. The summed E-state index contributed by atoms with van der Waals surface area (Å²) >= 11 is 0. The zero-order chi connectivity index (χ0) is 19.4. The number of nitrogens with zero attached hydrogens (tertiary/aromatic N) is 1. The molecule has 1 unspecified atom stereocenters. The third-order valence-corrected chi connectivity index (χ3v) is 5.23. The Bertz CT molecular complexity index is 847. The van der Waals surface area contributed by atoms with Crippen molar-refractivity contribution in [3.63, 3.8) is 0 Å². The maximum Gasteiger partial charge on any atom is 0.264 e. The SMILES string of the molecule is CCC(C)c1ccccc1OCC(=O)N1CCCc2c(C(N)=O)cccc21. The topological polar surface area (TPSA) is 72.6 Å². The second kappa shape index (κ2) is 8.25. The first-order valence-corrected chi connectivity index (χ1v) is 9.46. The molecule has 3 rings (SSSR count). The molecule has 0 spiro atoms. The fraction of sp³-hybridized carbons (Fsp3) is 0.364. The number of anilines is 1. The van der Waals surface area contributed by atoms with Crippen LogP contribution in [0.1, 0.15) is 54.1 Å². The second-order valence-corrected chi connectivity index (χ2v) is 6.95. The van der Waals surface area contributed by atoms with Crippen molar-refractivity contribution >= 4 is 17.5 Å². The van der Waals surface area contributed by atoms with E-state index < -0.39 is 5.91 Å². The molecule has 0 aromatic heterocycles. The molecular formula is C22H26N2O3. The monoisotopic (exact) mass is 366 g/mol. The van der Waals surface area contributed by atoms with E-state index in [1.54, 1.807) is 17.0 Å². The number of hydrogen-bond acceptors (Lipinski definition) is 3. The molecule has 142 valence electrons. The summed E-state index contributed by atoms with van der Waals surface area (Å²) in [7, 11) is 0. The normalized spacial score (nSPS) is 14.4. The summed E-state index contributed by atoms with van der Waals surface area (Å²) < 4.78 is 5.89. The van der Waals surface area contributed by atoms with Crippen LogP contribution < -0.4 is 15.4 Å². The van der Waals surface area contributed by atoms with Crippen LogP contribution in [-0.2, 0) is 11.2 Å². The highest BCUT2D eigenvalue weighted by Gasteiger charge is 2.26. The molecule has 0 fully saturated rings. The fourth-order valence-corrected chi connectivity index (χ4v) is 3.57. The Morgan fingerprint density at radius 2 is 1.96 bits per heavy atom. The first-order chi connectivity index (χ1) is 13.0. The minimum absolute atomic E-state index is 0.0340.